The van der Waals surface area contributed by atoms with Crippen molar-refractivity contribution in [3.05, 3.63) is 51.3 Å². The predicted octanol–water partition coefficient (Wildman–Crippen LogP) is 3.77. The van der Waals surface area contributed by atoms with Crippen LogP contribution in [-0.2, 0) is 7.05 Å². The van der Waals surface area contributed by atoms with Gasteiger partial charge in [0.1, 0.15) is 17.5 Å². The number of piperidine rings is 1. The number of nitrogens with zero attached hydrogens (tertiary/aromatic N) is 5. The highest BCUT2D eigenvalue weighted by atomic mass is 35.5. The number of pyridine rings is 1. The lowest BCUT2D eigenvalue weighted by molar-refractivity contribution is 0.106. The van der Waals surface area contributed by atoms with Crippen LogP contribution in [0, 0.1) is 12.7 Å². The maximum atomic E-state index is 14.9. The second-order valence-electron chi connectivity index (χ2n) is 8.50. The summed E-state index contributed by atoms with van der Waals surface area (Å²) in [6.07, 6.45) is 3.52. The highest BCUT2D eigenvalue weighted by Gasteiger charge is 2.30. The molecule has 2 fully saturated rings. The van der Waals surface area contributed by atoms with Gasteiger partial charge in [0.25, 0.3) is 5.56 Å². The lowest BCUT2D eigenvalue weighted by Crippen LogP contribution is -2.53. The first-order valence-corrected chi connectivity index (χ1v) is 11.1. The first-order valence-electron chi connectivity index (χ1n) is 10.7. The highest BCUT2D eigenvalue weighted by Crippen LogP contribution is 2.32. The van der Waals surface area contributed by atoms with Crippen LogP contribution in [0.3, 0.4) is 0 Å². The van der Waals surface area contributed by atoms with E-state index < -0.39 is 5.82 Å². The van der Waals surface area contributed by atoms with Gasteiger partial charge in [0, 0.05) is 42.8 Å². The SMILES string of the molecule is Cc1nc2cc(N3CCC[C@H](N4CCC4)C3)nc(-c3ccc(Cl)cc3F)c2c(=O)n1C. The molecule has 0 saturated carbocycles. The molecule has 2 aliphatic rings. The zero-order chi connectivity index (χ0) is 21.7. The Bertz CT molecular complexity index is 1220. The number of aromatic nitrogens is 3. The largest absolute Gasteiger partial charge is 0.355 e. The Morgan fingerprint density at radius 2 is 1.94 bits per heavy atom. The average Bonchev–Trinajstić information content (AvgIpc) is 2.70. The number of benzene rings is 1. The standard InChI is InChI=1S/C23H25ClFN5O/c1-14-26-19-12-20(30-8-3-5-16(13-30)29-9-4-10-29)27-22(21(19)23(31)28(14)2)17-7-6-15(24)11-18(17)25/h6-7,11-12,16H,3-5,8-10,13H2,1-2H3/t16-/m0/s1. The Morgan fingerprint density at radius 1 is 1.13 bits per heavy atom. The molecule has 0 amide bonds. The van der Waals surface area contributed by atoms with Crippen LogP contribution in [0.15, 0.2) is 29.1 Å². The van der Waals surface area contributed by atoms with Crippen molar-refractivity contribution in [2.45, 2.75) is 32.2 Å². The lowest BCUT2D eigenvalue weighted by atomic mass is 10.0. The van der Waals surface area contributed by atoms with Gasteiger partial charge in [-0.2, -0.15) is 0 Å². The van der Waals surface area contributed by atoms with E-state index in [1.165, 1.54) is 23.5 Å². The van der Waals surface area contributed by atoms with E-state index in [2.05, 4.69) is 14.8 Å². The average molecular weight is 442 g/mol. The van der Waals surface area contributed by atoms with Crippen LogP contribution in [0.25, 0.3) is 22.2 Å². The molecule has 31 heavy (non-hydrogen) atoms. The van der Waals surface area contributed by atoms with Crippen molar-refractivity contribution in [3.63, 3.8) is 0 Å². The Hall–Kier alpha value is -2.51. The molecular formula is C23H25ClFN5O. The number of halogens is 2. The third-order valence-corrected chi connectivity index (χ3v) is 6.82. The summed E-state index contributed by atoms with van der Waals surface area (Å²) in [6, 6.07) is 6.84. The van der Waals surface area contributed by atoms with E-state index in [4.69, 9.17) is 16.6 Å². The summed E-state index contributed by atoms with van der Waals surface area (Å²) >= 11 is 5.97. The van der Waals surface area contributed by atoms with E-state index in [9.17, 15) is 9.18 Å². The normalized spacial score (nSPS) is 19.6. The molecule has 0 N–H and O–H groups in total. The van der Waals surface area contributed by atoms with Gasteiger partial charge in [0.05, 0.1) is 16.6 Å². The number of hydrogen-bond acceptors (Lipinski definition) is 5. The van der Waals surface area contributed by atoms with Gasteiger partial charge >= 0.3 is 0 Å². The zero-order valence-corrected chi connectivity index (χ0v) is 18.5. The van der Waals surface area contributed by atoms with E-state index >= 15 is 0 Å². The molecule has 2 aliphatic heterocycles. The Kier molecular flexibility index (Phi) is 5.18. The van der Waals surface area contributed by atoms with Crippen molar-refractivity contribution in [3.8, 4) is 11.3 Å². The molecule has 6 nitrogen and oxygen atoms in total. The van der Waals surface area contributed by atoms with Gasteiger partial charge in [-0.05, 0) is 57.5 Å². The molecule has 0 bridgehead atoms. The minimum absolute atomic E-state index is 0.233. The molecule has 1 atom stereocenters. The van der Waals surface area contributed by atoms with Gasteiger partial charge in [-0.15, -0.1) is 0 Å². The van der Waals surface area contributed by atoms with Crippen LogP contribution < -0.4 is 10.5 Å². The van der Waals surface area contributed by atoms with Crippen molar-refractivity contribution in [1.29, 1.82) is 0 Å². The molecule has 162 valence electrons. The molecule has 8 heteroatoms. The molecular weight excluding hydrogens is 417 g/mol. The van der Waals surface area contributed by atoms with Crippen LogP contribution >= 0.6 is 11.6 Å². The summed E-state index contributed by atoms with van der Waals surface area (Å²) in [4.78, 5) is 27.3. The van der Waals surface area contributed by atoms with Crippen molar-refractivity contribution >= 4 is 28.3 Å². The number of hydrogen-bond donors (Lipinski definition) is 0. The van der Waals surface area contributed by atoms with Crippen LogP contribution in [-0.4, -0.2) is 51.7 Å². The maximum absolute atomic E-state index is 14.9. The molecule has 0 spiro atoms. The number of anilines is 1. The van der Waals surface area contributed by atoms with Gasteiger partial charge in [-0.25, -0.2) is 14.4 Å². The summed E-state index contributed by atoms with van der Waals surface area (Å²) in [6.45, 7) is 5.87. The summed E-state index contributed by atoms with van der Waals surface area (Å²) in [5.74, 6) is 0.842. The predicted molar refractivity (Wildman–Crippen MR) is 121 cm³/mol. The lowest BCUT2D eigenvalue weighted by Gasteiger charge is -2.44. The van der Waals surface area contributed by atoms with Crippen LogP contribution in [0.4, 0.5) is 10.2 Å². The molecule has 2 aromatic heterocycles. The summed E-state index contributed by atoms with van der Waals surface area (Å²) in [5, 5.41) is 0.631. The fourth-order valence-electron chi connectivity index (χ4n) is 4.59. The van der Waals surface area contributed by atoms with Crippen molar-refractivity contribution in [2.75, 3.05) is 31.1 Å². The fourth-order valence-corrected chi connectivity index (χ4v) is 4.75. The van der Waals surface area contributed by atoms with Gasteiger partial charge in [0.15, 0.2) is 0 Å². The van der Waals surface area contributed by atoms with E-state index in [1.54, 1.807) is 26.1 Å². The summed E-state index contributed by atoms with van der Waals surface area (Å²) < 4.78 is 16.4. The molecule has 4 heterocycles. The van der Waals surface area contributed by atoms with Crippen molar-refractivity contribution < 1.29 is 4.39 Å². The number of aryl methyl sites for hydroxylation is 1. The van der Waals surface area contributed by atoms with Crippen LogP contribution in [0.1, 0.15) is 25.1 Å². The van der Waals surface area contributed by atoms with E-state index in [0.717, 1.165) is 38.4 Å². The van der Waals surface area contributed by atoms with Crippen molar-refractivity contribution in [2.24, 2.45) is 7.05 Å². The molecule has 3 aromatic rings. The highest BCUT2D eigenvalue weighted by molar-refractivity contribution is 6.30. The fraction of sp³-hybridized carbons (Fsp3) is 0.435. The van der Waals surface area contributed by atoms with E-state index in [1.807, 2.05) is 6.07 Å². The van der Waals surface area contributed by atoms with Gasteiger partial charge < -0.3 is 4.90 Å². The molecule has 0 unspecified atom stereocenters. The minimum Gasteiger partial charge on any atom is -0.355 e. The maximum Gasteiger partial charge on any atom is 0.263 e. The van der Waals surface area contributed by atoms with Crippen LogP contribution in [0.5, 0.6) is 0 Å². The molecule has 2 saturated heterocycles. The Labute approximate surface area is 185 Å². The molecule has 5 rings (SSSR count). The Morgan fingerprint density at radius 3 is 2.65 bits per heavy atom. The van der Waals surface area contributed by atoms with E-state index in [0.29, 0.717) is 33.5 Å². The van der Waals surface area contributed by atoms with Gasteiger partial charge in [-0.3, -0.25) is 14.3 Å². The minimum atomic E-state index is -0.502. The quantitative estimate of drug-likeness (QED) is 0.619. The molecule has 1 aromatic carbocycles. The number of fused-ring (bicyclic) bond motifs is 1. The Balaban J connectivity index is 1.68. The first-order chi connectivity index (χ1) is 14.9. The summed E-state index contributed by atoms with van der Waals surface area (Å²) in [5.41, 5.74) is 0.889. The second kappa shape index (κ2) is 7.88. The van der Waals surface area contributed by atoms with Gasteiger partial charge in [0.2, 0.25) is 0 Å². The van der Waals surface area contributed by atoms with Gasteiger partial charge in [-0.1, -0.05) is 11.6 Å². The monoisotopic (exact) mass is 441 g/mol. The van der Waals surface area contributed by atoms with E-state index in [-0.39, 0.29) is 11.1 Å². The third kappa shape index (κ3) is 3.59. The second-order valence-corrected chi connectivity index (χ2v) is 8.94. The zero-order valence-electron chi connectivity index (χ0n) is 17.7. The topological polar surface area (TPSA) is 54.3 Å². The van der Waals surface area contributed by atoms with Crippen LogP contribution in [0.2, 0.25) is 5.02 Å². The first kappa shape index (κ1) is 20.4. The van der Waals surface area contributed by atoms with Crippen molar-refractivity contribution in [1.82, 2.24) is 19.4 Å². The smallest absolute Gasteiger partial charge is 0.263 e. The molecule has 0 aliphatic carbocycles. The molecule has 0 radical (unpaired) electrons. The summed E-state index contributed by atoms with van der Waals surface area (Å²) in [7, 11) is 1.67. The third-order valence-electron chi connectivity index (χ3n) is 6.59. The number of likely N-dealkylation sites (tertiary alicyclic amines) is 1. The number of rotatable bonds is 3.